The van der Waals surface area contributed by atoms with E-state index in [1.54, 1.807) is 12.1 Å². The van der Waals surface area contributed by atoms with Gasteiger partial charge in [-0.05, 0) is 18.6 Å². The molecule has 4 nitrogen and oxygen atoms in total. The van der Waals surface area contributed by atoms with E-state index >= 15 is 0 Å². The van der Waals surface area contributed by atoms with Gasteiger partial charge in [-0.3, -0.25) is 0 Å². The molecule has 118 valence electrons. The lowest BCUT2D eigenvalue weighted by Crippen LogP contribution is -2.12. The topological polar surface area (TPSA) is 63.6 Å². The number of carbonyl (C=O) groups excluding carboxylic acids is 1. The number of hydrogen-bond acceptors (Lipinski definition) is 3. The molecule has 1 N–H and O–H groups in total. The van der Waals surface area contributed by atoms with Crippen molar-refractivity contribution in [3.05, 3.63) is 35.4 Å². The molecule has 21 heavy (non-hydrogen) atoms. The van der Waals surface area contributed by atoms with Crippen molar-refractivity contribution in [1.29, 1.82) is 0 Å². The van der Waals surface area contributed by atoms with Gasteiger partial charge in [0.05, 0.1) is 17.7 Å². The largest absolute Gasteiger partial charge is 0.478 e. The molecule has 1 rings (SSSR count). The minimum atomic E-state index is -1.12. The van der Waals surface area contributed by atoms with Crippen LogP contribution in [-0.4, -0.2) is 23.7 Å². The van der Waals surface area contributed by atoms with E-state index in [1.807, 2.05) is 0 Å². The first-order chi connectivity index (χ1) is 10.1. The lowest BCUT2D eigenvalue weighted by Gasteiger charge is -2.06. The minimum Gasteiger partial charge on any atom is -0.478 e. The van der Waals surface area contributed by atoms with Gasteiger partial charge in [-0.1, -0.05) is 58.6 Å². The first kappa shape index (κ1) is 19.2. The fraction of sp³-hybridized carbons (Fsp3) is 0.529. The summed E-state index contributed by atoms with van der Waals surface area (Å²) in [5.74, 6) is -1.69. The van der Waals surface area contributed by atoms with E-state index in [4.69, 9.17) is 9.84 Å². The van der Waals surface area contributed by atoms with Gasteiger partial charge in [0.15, 0.2) is 0 Å². The van der Waals surface area contributed by atoms with Gasteiger partial charge in [0.25, 0.3) is 0 Å². The van der Waals surface area contributed by atoms with Crippen molar-refractivity contribution in [2.75, 3.05) is 6.61 Å². The second-order valence-corrected chi connectivity index (χ2v) is 4.69. The van der Waals surface area contributed by atoms with Crippen LogP contribution in [0, 0.1) is 0 Å². The number of carboxylic acids is 1. The number of carboxylic acid groups (broad SMARTS) is 1. The molecule has 0 unspecified atom stereocenters. The summed E-state index contributed by atoms with van der Waals surface area (Å²) in [6, 6.07) is 6.06. The van der Waals surface area contributed by atoms with Gasteiger partial charge in [0.1, 0.15) is 0 Å². The number of carbonyl (C=O) groups is 2. The molecule has 1 aromatic rings. The highest BCUT2D eigenvalue weighted by molar-refractivity contribution is 6.02. The highest BCUT2D eigenvalue weighted by Gasteiger charge is 2.16. The van der Waals surface area contributed by atoms with E-state index in [9.17, 15) is 9.59 Å². The molecule has 0 spiro atoms. The zero-order valence-electron chi connectivity index (χ0n) is 13.2. The summed E-state index contributed by atoms with van der Waals surface area (Å²) in [5.41, 5.74) is 0.0875. The number of benzene rings is 1. The van der Waals surface area contributed by atoms with Crippen LogP contribution in [0.4, 0.5) is 0 Å². The molecule has 0 aliphatic heterocycles. The molecule has 1 aromatic carbocycles. The molecule has 0 heterocycles. The monoisotopic (exact) mass is 294 g/mol. The molecule has 0 aliphatic carbocycles. The van der Waals surface area contributed by atoms with Crippen molar-refractivity contribution in [3.8, 4) is 0 Å². The average molecular weight is 294 g/mol. The maximum absolute atomic E-state index is 11.6. The van der Waals surface area contributed by atoms with Gasteiger partial charge in [-0.15, -0.1) is 0 Å². The van der Waals surface area contributed by atoms with Crippen molar-refractivity contribution >= 4 is 11.9 Å². The molecule has 0 aromatic heterocycles. The fourth-order valence-electron chi connectivity index (χ4n) is 1.44. The Hall–Kier alpha value is -1.84. The first-order valence-corrected chi connectivity index (χ1v) is 7.57. The number of hydrogen-bond donors (Lipinski definition) is 1. The molecule has 0 saturated carbocycles. The van der Waals surface area contributed by atoms with Crippen LogP contribution in [0.5, 0.6) is 0 Å². The maximum atomic E-state index is 11.6. The van der Waals surface area contributed by atoms with Gasteiger partial charge >= 0.3 is 11.9 Å². The minimum absolute atomic E-state index is 0.0204. The zero-order chi connectivity index (χ0) is 16.1. The third-order valence-electron chi connectivity index (χ3n) is 2.86. The van der Waals surface area contributed by atoms with E-state index in [-0.39, 0.29) is 11.1 Å². The Balaban J connectivity index is 0.000000885. The van der Waals surface area contributed by atoms with Crippen LogP contribution >= 0.6 is 0 Å². The van der Waals surface area contributed by atoms with Gasteiger partial charge in [0, 0.05) is 0 Å². The fourth-order valence-corrected chi connectivity index (χ4v) is 1.44. The quantitative estimate of drug-likeness (QED) is 0.592. The van der Waals surface area contributed by atoms with Crippen LogP contribution < -0.4 is 0 Å². The predicted octanol–water partition coefficient (Wildman–Crippen LogP) is 4.54. The molecule has 0 radical (unpaired) electrons. The normalized spacial score (nSPS) is 9.48. The number of esters is 1. The lowest BCUT2D eigenvalue weighted by atomic mass is 10.1. The van der Waals surface area contributed by atoms with Gasteiger partial charge < -0.3 is 9.84 Å². The van der Waals surface area contributed by atoms with Crippen molar-refractivity contribution in [2.24, 2.45) is 0 Å². The third-order valence-corrected chi connectivity index (χ3v) is 2.86. The molecular formula is C17H26O4. The Labute approximate surface area is 127 Å². The Morgan fingerprint density at radius 1 is 0.952 bits per heavy atom. The van der Waals surface area contributed by atoms with Gasteiger partial charge in [-0.2, -0.15) is 0 Å². The summed E-state index contributed by atoms with van der Waals surface area (Å²) >= 11 is 0. The van der Waals surface area contributed by atoms with Gasteiger partial charge in [-0.25, -0.2) is 9.59 Å². The Kier molecular flexibility index (Phi) is 10.9. The molecule has 0 bridgehead atoms. The smallest absolute Gasteiger partial charge is 0.339 e. The molecule has 0 fully saturated rings. The first-order valence-electron chi connectivity index (χ1n) is 7.57. The summed E-state index contributed by atoms with van der Waals surface area (Å²) < 4.78 is 5.02. The maximum Gasteiger partial charge on any atom is 0.339 e. The van der Waals surface area contributed by atoms with Crippen molar-refractivity contribution in [1.82, 2.24) is 0 Å². The van der Waals surface area contributed by atoms with E-state index in [2.05, 4.69) is 20.8 Å². The lowest BCUT2D eigenvalue weighted by molar-refractivity contribution is 0.0488. The van der Waals surface area contributed by atoms with E-state index < -0.39 is 11.9 Å². The molecule has 0 amide bonds. The number of rotatable bonds is 7. The number of ether oxygens (including phenoxy) is 1. The third kappa shape index (κ3) is 8.12. The van der Waals surface area contributed by atoms with Crippen LogP contribution in [0.2, 0.25) is 0 Å². The zero-order valence-corrected chi connectivity index (χ0v) is 13.2. The standard InChI is InChI=1S/C13H16O4.C4H10/c1-2-3-6-9-17-13(16)11-8-5-4-7-10(11)12(14)15;1-3-4-2/h4-5,7-8H,2-3,6,9H2,1H3,(H,14,15);3-4H2,1-2H3. The average Bonchev–Trinajstić information content (AvgIpc) is 2.51. The number of unbranched alkanes of at least 4 members (excludes halogenated alkanes) is 3. The summed E-state index contributed by atoms with van der Waals surface area (Å²) in [4.78, 5) is 22.5. The molecule has 0 saturated heterocycles. The second kappa shape index (κ2) is 11.9. The highest BCUT2D eigenvalue weighted by Crippen LogP contribution is 2.10. The Morgan fingerprint density at radius 2 is 1.52 bits per heavy atom. The van der Waals surface area contributed by atoms with Crippen molar-refractivity contribution in [2.45, 2.75) is 52.9 Å². The second-order valence-electron chi connectivity index (χ2n) is 4.69. The predicted molar refractivity (Wildman–Crippen MR) is 83.8 cm³/mol. The summed E-state index contributed by atoms with van der Waals surface area (Å²) in [6.07, 6.45) is 5.48. The van der Waals surface area contributed by atoms with Crippen LogP contribution in [0.1, 0.15) is 73.6 Å². The Bertz CT molecular complexity index is 425. The highest BCUT2D eigenvalue weighted by atomic mass is 16.5. The summed E-state index contributed by atoms with van der Waals surface area (Å²) in [7, 11) is 0. The van der Waals surface area contributed by atoms with Gasteiger partial charge in [0.2, 0.25) is 0 Å². The molecule has 4 heteroatoms. The number of aromatic carboxylic acids is 1. The SMILES string of the molecule is CCCC.CCCCCOC(=O)c1ccccc1C(=O)O. The Morgan fingerprint density at radius 3 is 2.00 bits per heavy atom. The molecule has 0 aliphatic rings. The van der Waals surface area contributed by atoms with Crippen LogP contribution in [-0.2, 0) is 4.74 Å². The summed E-state index contributed by atoms with van der Waals surface area (Å²) in [5, 5.41) is 8.92. The van der Waals surface area contributed by atoms with Crippen molar-refractivity contribution < 1.29 is 19.4 Å². The van der Waals surface area contributed by atoms with E-state index in [0.29, 0.717) is 6.61 Å². The van der Waals surface area contributed by atoms with Crippen molar-refractivity contribution in [3.63, 3.8) is 0 Å². The van der Waals surface area contributed by atoms with Crippen LogP contribution in [0.25, 0.3) is 0 Å². The van der Waals surface area contributed by atoms with Crippen LogP contribution in [0.15, 0.2) is 24.3 Å². The van der Waals surface area contributed by atoms with E-state index in [0.717, 1.165) is 19.3 Å². The summed E-state index contributed by atoms with van der Waals surface area (Å²) in [6.45, 7) is 6.75. The van der Waals surface area contributed by atoms with Crippen LogP contribution in [0.3, 0.4) is 0 Å². The molecular weight excluding hydrogens is 268 g/mol. The molecule has 0 atom stereocenters. The van der Waals surface area contributed by atoms with E-state index in [1.165, 1.54) is 25.0 Å².